The molecule has 0 radical (unpaired) electrons. The van der Waals surface area contributed by atoms with Gasteiger partial charge in [-0.25, -0.2) is 0 Å². The summed E-state index contributed by atoms with van der Waals surface area (Å²) < 4.78 is 0. The van der Waals surface area contributed by atoms with Crippen molar-refractivity contribution in [3.8, 4) is 0 Å². The first-order valence-corrected chi connectivity index (χ1v) is 7.01. The smallest absolute Gasteiger partial charge is 0.231 e. The van der Waals surface area contributed by atoms with Gasteiger partial charge in [-0.05, 0) is 46.5 Å². The molecule has 1 aliphatic carbocycles. The fourth-order valence-electron chi connectivity index (χ4n) is 2.28. The summed E-state index contributed by atoms with van der Waals surface area (Å²) in [5, 5.41) is 3.40. The van der Waals surface area contributed by atoms with Gasteiger partial charge in [0.15, 0.2) is 0 Å². The zero-order valence-corrected chi connectivity index (χ0v) is 12.3. The van der Waals surface area contributed by atoms with Crippen LogP contribution in [0.2, 0.25) is 0 Å². The summed E-state index contributed by atoms with van der Waals surface area (Å²) >= 11 is 0. The summed E-state index contributed by atoms with van der Waals surface area (Å²) in [5.74, 6) is 2.19. The molecule has 1 aromatic rings. The Morgan fingerprint density at radius 2 is 1.84 bits per heavy atom. The molecule has 0 saturated heterocycles. The van der Waals surface area contributed by atoms with Gasteiger partial charge in [0.05, 0.1) is 0 Å². The summed E-state index contributed by atoms with van der Waals surface area (Å²) in [6.07, 6.45) is 2.53. The Bertz CT molecular complexity index is 437. The van der Waals surface area contributed by atoms with Gasteiger partial charge in [0.1, 0.15) is 0 Å². The number of rotatable bonds is 6. The third-order valence-corrected chi connectivity index (χ3v) is 3.72. The van der Waals surface area contributed by atoms with Crippen LogP contribution in [0.25, 0.3) is 0 Å². The number of hydrogen-bond acceptors (Lipinski definition) is 6. The molecular weight excluding hydrogens is 240 g/mol. The molecule has 6 nitrogen and oxygen atoms in total. The summed E-state index contributed by atoms with van der Waals surface area (Å²) in [4.78, 5) is 15.0. The summed E-state index contributed by atoms with van der Waals surface area (Å²) in [5.41, 5.74) is 5.80. The van der Waals surface area contributed by atoms with Crippen molar-refractivity contribution in [2.45, 2.75) is 46.1 Å². The summed E-state index contributed by atoms with van der Waals surface area (Å²) in [6.45, 7) is 10.2. The van der Waals surface area contributed by atoms with E-state index in [0.717, 1.165) is 13.1 Å². The lowest BCUT2D eigenvalue weighted by Gasteiger charge is -2.27. The van der Waals surface area contributed by atoms with Gasteiger partial charge in [-0.15, -0.1) is 0 Å². The Labute approximate surface area is 114 Å². The normalized spacial score (nSPS) is 15.4. The van der Waals surface area contributed by atoms with Crippen molar-refractivity contribution >= 4 is 17.8 Å². The van der Waals surface area contributed by atoms with Gasteiger partial charge in [0, 0.05) is 18.6 Å². The molecule has 0 bridgehead atoms. The Morgan fingerprint density at radius 3 is 2.37 bits per heavy atom. The van der Waals surface area contributed by atoms with Crippen LogP contribution in [-0.2, 0) is 0 Å². The van der Waals surface area contributed by atoms with E-state index in [-0.39, 0.29) is 11.5 Å². The molecule has 2 rings (SSSR count). The fourth-order valence-corrected chi connectivity index (χ4v) is 2.28. The first-order chi connectivity index (χ1) is 8.96. The lowest BCUT2D eigenvalue weighted by Crippen LogP contribution is -2.35. The minimum absolute atomic E-state index is 0.00826. The average molecular weight is 264 g/mol. The standard InChI is InChI=1S/C13H24N6/c1-5-19(6-2)12-16-10(14)15-11(17-12)18-13(3,4)9-7-8-9/h9H,5-8H2,1-4H3,(H3,14,15,16,17,18). The molecule has 106 valence electrons. The maximum Gasteiger partial charge on any atom is 0.231 e. The maximum atomic E-state index is 5.79. The SMILES string of the molecule is CCN(CC)c1nc(N)nc(NC(C)(C)C2CC2)n1. The van der Waals surface area contributed by atoms with E-state index in [1.807, 2.05) is 0 Å². The van der Waals surface area contributed by atoms with E-state index in [1.54, 1.807) is 0 Å². The second kappa shape index (κ2) is 5.19. The monoisotopic (exact) mass is 264 g/mol. The molecular formula is C13H24N6. The Morgan fingerprint density at radius 1 is 1.21 bits per heavy atom. The minimum Gasteiger partial charge on any atom is -0.368 e. The number of nitrogens with two attached hydrogens (primary N) is 1. The number of aromatic nitrogens is 3. The molecule has 0 aliphatic heterocycles. The number of anilines is 3. The van der Waals surface area contributed by atoms with Crippen LogP contribution in [0.4, 0.5) is 17.8 Å². The van der Waals surface area contributed by atoms with Crippen LogP contribution in [0.15, 0.2) is 0 Å². The van der Waals surface area contributed by atoms with Crippen molar-refractivity contribution in [2.24, 2.45) is 5.92 Å². The van der Waals surface area contributed by atoms with Gasteiger partial charge in [0.25, 0.3) is 0 Å². The number of nitrogens with zero attached hydrogens (tertiary/aromatic N) is 4. The molecule has 1 saturated carbocycles. The second-order valence-corrected chi connectivity index (χ2v) is 5.61. The van der Waals surface area contributed by atoms with Gasteiger partial charge in [0.2, 0.25) is 17.8 Å². The number of nitrogens with one attached hydrogen (secondary N) is 1. The molecule has 0 aromatic carbocycles. The van der Waals surface area contributed by atoms with Crippen LogP contribution in [0.3, 0.4) is 0 Å². The van der Waals surface area contributed by atoms with Crippen LogP contribution in [0.5, 0.6) is 0 Å². The Balaban J connectivity index is 2.20. The van der Waals surface area contributed by atoms with Crippen molar-refractivity contribution in [3.63, 3.8) is 0 Å². The van der Waals surface area contributed by atoms with Crippen LogP contribution in [0, 0.1) is 5.92 Å². The lowest BCUT2D eigenvalue weighted by atomic mass is 9.99. The second-order valence-electron chi connectivity index (χ2n) is 5.61. The van der Waals surface area contributed by atoms with Gasteiger partial charge >= 0.3 is 0 Å². The van der Waals surface area contributed by atoms with E-state index in [1.165, 1.54) is 12.8 Å². The summed E-state index contributed by atoms with van der Waals surface area (Å²) in [7, 11) is 0. The predicted octanol–water partition coefficient (Wildman–Crippen LogP) is 1.90. The van der Waals surface area contributed by atoms with E-state index in [4.69, 9.17) is 5.73 Å². The zero-order valence-electron chi connectivity index (χ0n) is 12.3. The predicted molar refractivity (Wildman–Crippen MR) is 78.2 cm³/mol. The molecule has 0 spiro atoms. The molecule has 1 aliphatic rings. The molecule has 1 aromatic heterocycles. The van der Waals surface area contributed by atoms with Crippen LogP contribution >= 0.6 is 0 Å². The molecule has 1 fully saturated rings. The van der Waals surface area contributed by atoms with Gasteiger partial charge < -0.3 is 16.0 Å². The van der Waals surface area contributed by atoms with E-state index < -0.39 is 0 Å². The van der Waals surface area contributed by atoms with Crippen molar-refractivity contribution in [2.75, 3.05) is 29.0 Å². The van der Waals surface area contributed by atoms with Crippen molar-refractivity contribution < 1.29 is 0 Å². The molecule has 6 heteroatoms. The minimum atomic E-state index is 0.00826. The topological polar surface area (TPSA) is 80.0 Å². The highest BCUT2D eigenvalue weighted by Gasteiger charge is 2.38. The number of hydrogen-bond donors (Lipinski definition) is 2. The first-order valence-electron chi connectivity index (χ1n) is 7.01. The fraction of sp³-hybridized carbons (Fsp3) is 0.769. The van der Waals surface area contributed by atoms with Crippen molar-refractivity contribution in [1.82, 2.24) is 15.0 Å². The van der Waals surface area contributed by atoms with Crippen LogP contribution in [-0.4, -0.2) is 33.6 Å². The van der Waals surface area contributed by atoms with E-state index in [9.17, 15) is 0 Å². The van der Waals surface area contributed by atoms with Crippen LogP contribution in [0.1, 0.15) is 40.5 Å². The van der Waals surface area contributed by atoms with Gasteiger partial charge in [-0.2, -0.15) is 15.0 Å². The molecule has 0 atom stereocenters. The van der Waals surface area contributed by atoms with E-state index in [0.29, 0.717) is 17.8 Å². The van der Waals surface area contributed by atoms with Gasteiger partial charge in [-0.3, -0.25) is 0 Å². The molecule has 3 N–H and O–H groups in total. The van der Waals surface area contributed by atoms with Crippen molar-refractivity contribution in [1.29, 1.82) is 0 Å². The highest BCUT2D eigenvalue weighted by molar-refractivity contribution is 5.43. The summed E-state index contributed by atoms with van der Waals surface area (Å²) in [6, 6.07) is 0. The molecule has 0 amide bonds. The van der Waals surface area contributed by atoms with Crippen LogP contribution < -0.4 is 16.0 Å². The highest BCUT2D eigenvalue weighted by atomic mass is 15.3. The largest absolute Gasteiger partial charge is 0.368 e. The first kappa shape index (κ1) is 13.8. The molecule has 1 heterocycles. The molecule has 19 heavy (non-hydrogen) atoms. The van der Waals surface area contributed by atoms with Crippen molar-refractivity contribution in [3.05, 3.63) is 0 Å². The van der Waals surface area contributed by atoms with Gasteiger partial charge in [-0.1, -0.05) is 0 Å². The number of nitrogen functional groups attached to an aromatic ring is 1. The van der Waals surface area contributed by atoms with E-state index in [2.05, 4.69) is 52.9 Å². The quantitative estimate of drug-likeness (QED) is 0.817. The Hall–Kier alpha value is -1.59. The third kappa shape index (κ3) is 3.24. The average Bonchev–Trinajstić information content (AvgIpc) is 3.13. The Kier molecular flexibility index (Phi) is 3.78. The third-order valence-electron chi connectivity index (χ3n) is 3.72. The maximum absolute atomic E-state index is 5.79. The lowest BCUT2D eigenvalue weighted by molar-refractivity contribution is 0.490. The van der Waals surface area contributed by atoms with E-state index >= 15 is 0 Å². The highest BCUT2D eigenvalue weighted by Crippen LogP contribution is 2.40. The molecule has 0 unspecified atom stereocenters. The zero-order chi connectivity index (χ0) is 14.0.